The van der Waals surface area contributed by atoms with Gasteiger partial charge in [0.25, 0.3) is 0 Å². The number of hydrogen-bond acceptors (Lipinski definition) is 5. The highest BCUT2D eigenvalue weighted by Gasteiger charge is 2.34. The van der Waals surface area contributed by atoms with Gasteiger partial charge in [0.05, 0.1) is 41.4 Å². The van der Waals surface area contributed by atoms with Crippen LogP contribution in [-0.2, 0) is 24.2 Å². The van der Waals surface area contributed by atoms with Crippen LogP contribution in [0.5, 0.6) is 0 Å². The van der Waals surface area contributed by atoms with Crippen molar-refractivity contribution in [3.05, 3.63) is 70.3 Å². The predicted octanol–water partition coefficient (Wildman–Crippen LogP) is 4.65. The van der Waals surface area contributed by atoms with E-state index in [1.54, 1.807) is 0 Å². The summed E-state index contributed by atoms with van der Waals surface area (Å²) < 4.78 is 1.94. The number of rotatable bonds is 6. The number of hydrogen-bond donors (Lipinski definition) is 1. The molecular weight excluding hydrogens is 424 g/mol. The molecular formula is C27H34N6O. The van der Waals surface area contributed by atoms with E-state index in [9.17, 15) is 4.79 Å². The van der Waals surface area contributed by atoms with Crippen molar-refractivity contribution < 1.29 is 4.79 Å². The van der Waals surface area contributed by atoms with Crippen LogP contribution in [0.2, 0.25) is 0 Å². The summed E-state index contributed by atoms with van der Waals surface area (Å²) in [5.41, 5.74) is 7.77. The molecule has 178 valence electrons. The zero-order valence-electron chi connectivity index (χ0n) is 19.9. The number of fused-ring (bicyclic) bond motifs is 1. The first-order chi connectivity index (χ1) is 15.8. The molecule has 0 aliphatic carbocycles. The van der Waals surface area contributed by atoms with Gasteiger partial charge < -0.3 is 10.2 Å². The Morgan fingerprint density at radius 3 is 2.65 bits per heavy atom. The summed E-state index contributed by atoms with van der Waals surface area (Å²) in [6.45, 7) is 8.78. The zero-order chi connectivity index (χ0) is 23.7. The third-order valence-electron chi connectivity index (χ3n) is 6.34. The summed E-state index contributed by atoms with van der Waals surface area (Å²) >= 11 is 0. The van der Waals surface area contributed by atoms with E-state index in [1.165, 1.54) is 0 Å². The number of pyridine rings is 1. The Morgan fingerprint density at radius 2 is 1.97 bits per heavy atom. The quantitative estimate of drug-likeness (QED) is 0.581. The molecule has 0 saturated carbocycles. The highest BCUT2D eigenvalue weighted by atomic mass is 16.2. The van der Waals surface area contributed by atoms with E-state index in [4.69, 9.17) is 10.2 Å². The maximum atomic E-state index is 12.5. The van der Waals surface area contributed by atoms with Gasteiger partial charge in [0.2, 0.25) is 5.91 Å². The van der Waals surface area contributed by atoms with Crippen LogP contribution in [0, 0.1) is 31.1 Å². The van der Waals surface area contributed by atoms with Gasteiger partial charge in [-0.05, 0) is 67.5 Å². The predicted molar refractivity (Wildman–Crippen MR) is 136 cm³/mol. The van der Waals surface area contributed by atoms with Crippen LogP contribution in [0.3, 0.4) is 0 Å². The van der Waals surface area contributed by atoms with Crippen LogP contribution in [0.15, 0.2) is 36.7 Å². The minimum Gasteiger partial charge on any atom is -0.361 e. The molecule has 3 heterocycles. The number of aromatic nitrogens is 3. The number of nitrogens with one attached hydrogen (secondary N) is 1. The largest absolute Gasteiger partial charge is 0.361 e. The third kappa shape index (κ3) is 4.96. The molecule has 0 fully saturated rings. The van der Waals surface area contributed by atoms with Crippen LogP contribution in [0.4, 0.5) is 11.4 Å². The molecule has 1 amide bonds. The molecule has 34 heavy (non-hydrogen) atoms. The van der Waals surface area contributed by atoms with Crippen molar-refractivity contribution >= 4 is 17.3 Å². The molecule has 1 aliphatic heterocycles. The fourth-order valence-corrected chi connectivity index (χ4v) is 4.56. The van der Waals surface area contributed by atoms with Gasteiger partial charge in [-0.25, -0.2) is 0 Å². The zero-order valence-corrected chi connectivity index (χ0v) is 19.9. The van der Waals surface area contributed by atoms with E-state index in [-0.39, 0.29) is 25.3 Å². The summed E-state index contributed by atoms with van der Waals surface area (Å²) in [5, 5.41) is 16.6. The fourth-order valence-electron chi connectivity index (χ4n) is 4.56. The van der Waals surface area contributed by atoms with Crippen molar-refractivity contribution in [2.45, 2.75) is 60.5 Å². The molecule has 0 spiro atoms. The van der Waals surface area contributed by atoms with Crippen LogP contribution in [-0.4, -0.2) is 33.8 Å². The summed E-state index contributed by atoms with van der Waals surface area (Å²) in [5.74, 6) is 0.244. The highest BCUT2D eigenvalue weighted by Crippen LogP contribution is 2.35. The molecule has 1 N–H and O–H groups in total. The smallest absolute Gasteiger partial charge is 0.247 e. The van der Waals surface area contributed by atoms with Gasteiger partial charge in [-0.2, -0.15) is 10.4 Å². The second-order valence-corrected chi connectivity index (χ2v) is 9.18. The lowest BCUT2D eigenvalue weighted by Gasteiger charge is -2.38. The van der Waals surface area contributed by atoms with Crippen molar-refractivity contribution in [2.24, 2.45) is 5.92 Å². The molecule has 1 aromatic carbocycles. The Labute approximate surface area is 202 Å². The maximum absolute atomic E-state index is 12.5. The van der Waals surface area contributed by atoms with Crippen molar-refractivity contribution in [3.63, 3.8) is 0 Å². The van der Waals surface area contributed by atoms with Crippen molar-refractivity contribution in [1.29, 1.82) is 5.26 Å². The minimum absolute atomic E-state index is 0. The van der Waals surface area contributed by atoms with E-state index < -0.39 is 0 Å². The molecule has 0 bridgehead atoms. The molecule has 0 unspecified atom stereocenters. The standard InChI is InChI=1S/C26H30N6O.CH4/c1-16(2)25-26(33)30-24-18(4)29-22(11-23(24)31(25)5)9-7-20-13-28-32(14-20)15-21-8-6-19(12-27)10-17(21)3;/h6,8,10-11,13-14,16,25H,7,9,15H2,1-5H3,(H,30,33);1H4/t25-;/m0./s1. The van der Waals surface area contributed by atoms with Gasteiger partial charge in [0.15, 0.2) is 0 Å². The van der Waals surface area contributed by atoms with Crippen molar-refractivity contribution in [2.75, 3.05) is 17.3 Å². The second kappa shape index (κ2) is 10.1. The number of aryl methyl sites for hydroxylation is 4. The molecule has 1 aliphatic rings. The first-order valence-corrected chi connectivity index (χ1v) is 11.3. The SMILES string of the molecule is C.Cc1cc(C#N)ccc1Cn1cc(CCc2cc3c(c(C)n2)NC(=O)[C@H](C(C)C)N3C)cn1. The second-order valence-electron chi connectivity index (χ2n) is 9.18. The first kappa shape index (κ1) is 25.0. The Hall–Kier alpha value is -3.66. The lowest BCUT2D eigenvalue weighted by atomic mass is 9.97. The van der Waals surface area contributed by atoms with Crippen LogP contribution >= 0.6 is 0 Å². The lowest BCUT2D eigenvalue weighted by Crippen LogP contribution is -2.49. The molecule has 1 atom stereocenters. The number of nitrogens with zero attached hydrogens (tertiary/aromatic N) is 5. The average Bonchev–Trinajstić information content (AvgIpc) is 3.21. The molecule has 2 aromatic heterocycles. The normalized spacial score (nSPS) is 14.9. The highest BCUT2D eigenvalue weighted by molar-refractivity contribution is 6.04. The first-order valence-electron chi connectivity index (χ1n) is 11.3. The van der Waals surface area contributed by atoms with Gasteiger partial charge in [0.1, 0.15) is 6.04 Å². The number of carbonyl (C=O) groups excluding carboxylic acids is 1. The van der Waals surface area contributed by atoms with Crippen molar-refractivity contribution in [1.82, 2.24) is 14.8 Å². The number of nitriles is 1. The monoisotopic (exact) mass is 458 g/mol. The Kier molecular flexibility index (Phi) is 7.41. The number of carbonyl (C=O) groups is 1. The Morgan fingerprint density at radius 1 is 1.21 bits per heavy atom. The molecule has 0 saturated heterocycles. The van der Waals surface area contributed by atoms with E-state index in [0.717, 1.165) is 52.3 Å². The number of amides is 1. The van der Waals surface area contributed by atoms with Gasteiger partial charge >= 0.3 is 0 Å². The summed E-state index contributed by atoms with van der Waals surface area (Å²) in [6.07, 6.45) is 5.61. The number of likely N-dealkylation sites (N-methyl/N-ethyl adjacent to an activating group) is 1. The summed E-state index contributed by atoms with van der Waals surface area (Å²) in [6, 6.07) is 9.85. The van der Waals surface area contributed by atoms with E-state index in [2.05, 4.69) is 47.5 Å². The fraction of sp³-hybridized carbons (Fsp3) is 0.407. The third-order valence-corrected chi connectivity index (χ3v) is 6.34. The van der Waals surface area contributed by atoms with Crippen LogP contribution in [0.1, 0.15) is 54.9 Å². The Bertz CT molecular complexity index is 1240. The van der Waals surface area contributed by atoms with E-state index >= 15 is 0 Å². The Balaban J connectivity index is 0.00000324. The molecule has 7 heteroatoms. The van der Waals surface area contributed by atoms with Gasteiger partial charge in [0, 0.05) is 18.9 Å². The number of benzene rings is 1. The van der Waals surface area contributed by atoms with Crippen LogP contribution < -0.4 is 10.2 Å². The van der Waals surface area contributed by atoms with Gasteiger partial charge in [-0.1, -0.05) is 27.3 Å². The average molecular weight is 459 g/mol. The van der Waals surface area contributed by atoms with Gasteiger partial charge in [-0.3, -0.25) is 14.5 Å². The van der Waals surface area contributed by atoms with Crippen LogP contribution in [0.25, 0.3) is 0 Å². The summed E-state index contributed by atoms with van der Waals surface area (Å²) in [4.78, 5) is 19.4. The van der Waals surface area contributed by atoms with E-state index in [1.807, 2.05) is 50.0 Å². The molecule has 0 radical (unpaired) electrons. The maximum Gasteiger partial charge on any atom is 0.247 e. The topological polar surface area (TPSA) is 86.8 Å². The van der Waals surface area contributed by atoms with E-state index in [0.29, 0.717) is 12.1 Å². The lowest BCUT2D eigenvalue weighted by molar-refractivity contribution is -0.118. The molecule has 3 aromatic rings. The minimum atomic E-state index is -0.184. The van der Waals surface area contributed by atoms with Crippen molar-refractivity contribution in [3.8, 4) is 6.07 Å². The molecule has 7 nitrogen and oxygen atoms in total. The van der Waals surface area contributed by atoms with Gasteiger partial charge in [-0.15, -0.1) is 0 Å². The number of anilines is 2. The molecule has 4 rings (SSSR count). The summed E-state index contributed by atoms with van der Waals surface area (Å²) in [7, 11) is 1.99.